The molecule has 5 heteroatoms. The van der Waals surface area contributed by atoms with E-state index in [9.17, 15) is 14.4 Å². The maximum atomic E-state index is 13.1. The number of benzene rings is 1. The largest absolute Gasteiger partial charge is 0.468 e. The molecule has 0 bridgehead atoms. The van der Waals surface area contributed by atoms with E-state index in [4.69, 9.17) is 4.74 Å². The van der Waals surface area contributed by atoms with Crippen LogP contribution in [0.3, 0.4) is 0 Å². The van der Waals surface area contributed by atoms with Crippen molar-refractivity contribution in [1.82, 2.24) is 4.90 Å². The average Bonchev–Trinajstić information content (AvgIpc) is 2.60. The number of rotatable bonds is 1. The van der Waals surface area contributed by atoms with Gasteiger partial charge >= 0.3 is 5.97 Å². The van der Waals surface area contributed by atoms with Crippen LogP contribution in [0.25, 0.3) is 0 Å². The van der Waals surface area contributed by atoms with Crippen molar-refractivity contribution >= 4 is 17.5 Å². The molecule has 2 aliphatic heterocycles. The van der Waals surface area contributed by atoms with Crippen LogP contribution >= 0.6 is 0 Å². The Bertz CT molecular complexity index is 851. The molecule has 0 amide bonds. The molecule has 4 rings (SSSR count). The molecule has 1 aliphatic carbocycles. The monoisotopic (exact) mass is 353 g/mol. The quantitative estimate of drug-likeness (QED) is 0.441. The topological polar surface area (TPSA) is 63.7 Å². The van der Waals surface area contributed by atoms with E-state index < -0.39 is 17.3 Å². The zero-order chi connectivity index (χ0) is 18.6. The van der Waals surface area contributed by atoms with Crippen molar-refractivity contribution in [1.29, 1.82) is 0 Å². The summed E-state index contributed by atoms with van der Waals surface area (Å²) in [6.45, 7) is 4.60. The number of nitrogens with zero attached hydrogens (tertiary/aromatic N) is 1. The maximum Gasteiger partial charge on any atom is 0.317 e. The van der Waals surface area contributed by atoms with Gasteiger partial charge in [0.15, 0.2) is 11.6 Å². The molecule has 0 saturated carbocycles. The summed E-state index contributed by atoms with van der Waals surface area (Å²) >= 11 is 0. The van der Waals surface area contributed by atoms with Gasteiger partial charge in [-0.3, -0.25) is 14.4 Å². The van der Waals surface area contributed by atoms with Crippen LogP contribution in [0.5, 0.6) is 0 Å². The molecule has 2 atom stereocenters. The van der Waals surface area contributed by atoms with Crippen LogP contribution < -0.4 is 0 Å². The summed E-state index contributed by atoms with van der Waals surface area (Å²) in [7, 11) is 1.29. The van der Waals surface area contributed by atoms with Gasteiger partial charge in [-0.2, -0.15) is 0 Å². The minimum absolute atomic E-state index is 0.00974. The third-order valence-electron chi connectivity index (χ3n) is 6.06. The Morgan fingerprint density at radius 1 is 1.23 bits per heavy atom. The summed E-state index contributed by atoms with van der Waals surface area (Å²) in [6, 6.07) is 8.21. The van der Waals surface area contributed by atoms with E-state index in [0.29, 0.717) is 6.42 Å². The number of allylic oxidation sites excluding steroid dienone is 2. The van der Waals surface area contributed by atoms with Gasteiger partial charge in [0.1, 0.15) is 5.92 Å². The molecule has 0 radical (unpaired) electrons. The van der Waals surface area contributed by atoms with Crippen LogP contribution in [0.15, 0.2) is 35.5 Å². The molecule has 0 aromatic heterocycles. The number of esters is 1. The molecule has 1 aromatic carbocycles. The third-order valence-corrected chi connectivity index (χ3v) is 6.06. The molecule has 136 valence electrons. The normalized spacial score (nSPS) is 26.8. The van der Waals surface area contributed by atoms with E-state index in [1.807, 2.05) is 26.0 Å². The standard InChI is InChI=1S/C21H23NO4/c1-21(2)11-15-17(19(24)18(21)20(25)26-3)16(23)10-14-13-7-5-4-6-12(13)8-9-22(14)15/h4-7,14,18H,8-11H2,1-3H3. The summed E-state index contributed by atoms with van der Waals surface area (Å²) in [5, 5.41) is 0. The van der Waals surface area contributed by atoms with Crippen LogP contribution in [0, 0.1) is 11.3 Å². The summed E-state index contributed by atoms with van der Waals surface area (Å²) in [4.78, 5) is 40.5. The Labute approximate surface area is 153 Å². The van der Waals surface area contributed by atoms with Gasteiger partial charge in [0.25, 0.3) is 0 Å². The second kappa shape index (κ2) is 5.79. The first-order chi connectivity index (χ1) is 12.3. The van der Waals surface area contributed by atoms with Gasteiger partial charge in [-0.15, -0.1) is 0 Å². The van der Waals surface area contributed by atoms with Gasteiger partial charge in [-0.1, -0.05) is 38.1 Å². The zero-order valence-electron chi connectivity index (χ0n) is 15.4. The van der Waals surface area contributed by atoms with Gasteiger partial charge in [0, 0.05) is 18.7 Å². The van der Waals surface area contributed by atoms with Gasteiger partial charge in [0.2, 0.25) is 0 Å². The number of methoxy groups -OCH3 is 1. The SMILES string of the molecule is COC(=O)C1C(=O)C2=C(CC1(C)C)N1CCc3ccccc3C1CC2=O. The molecule has 2 heterocycles. The maximum absolute atomic E-state index is 13.1. The summed E-state index contributed by atoms with van der Waals surface area (Å²) in [6.07, 6.45) is 1.71. The number of ether oxygens (including phenoxy) is 1. The molecule has 0 N–H and O–H groups in total. The second-order valence-electron chi connectivity index (χ2n) is 8.09. The highest BCUT2D eigenvalue weighted by Gasteiger charge is 2.52. The number of hydrogen-bond donors (Lipinski definition) is 0. The predicted octanol–water partition coefficient (Wildman–Crippen LogP) is 2.60. The fraction of sp³-hybridized carbons (Fsp3) is 0.476. The number of carbonyl (C=O) groups is 3. The van der Waals surface area contributed by atoms with Gasteiger partial charge < -0.3 is 9.64 Å². The van der Waals surface area contributed by atoms with Crippen LogP contribution in [0.4, 0.5) is 0 Å². The fourth-order valence-corrected chi connectivity index (χ4v) is 4.82. The minimum Gasteiger partial charge on any atom is -0.468 e. The molecule has 1 aromatic rings. The van der Waals surface area contributed by atoms with Crippen LogP contribution in [0.2, 0.25) is 0 Å². The Morgan fingerprint density at radius 3 is 2.69 bits per heavy atom. The Hall–Kier alpha value is -2.43. The Kier molecular flexibility index (Phi) is 3.79. The Balaban J connectivity index is 1.81. The number of Topliss-reactive ketones (excluding diaryl/α,β-unsaturated/α-hetero) is 2. The van der Waals surface area contributed by atoms with Crippen molar-refractivity contribution in [3.8, 4) is 0 Å². The van der Waals surface area contributed by atoms with E-state index in [0.717, 1.165) is 18.7 Å². The number of hydrogen-bond acceptors (Lipinski definition) is 5. The van der Waals surface area contributed by atoms with Gasteiger partial charge in [-0.25, -0.2) is 0 Å². The first-order valence-electron chi connectivity index (χ1n) is 9.08. The fourth-order valence-electron chi connectivity index (χ4n) is 4.82. The first kappa shape index (κ1) is 17.0. The smallest absolute Gasteiger partial charge is 0.317 e. The Morgan fingerprint density at radius 2 is 1.96 bits per heavy atom. The lowest BCUT2D eigenvalue weighted by Crippen LogP contribution is -2.51. The van der Waals surface area contributed by atoms with E-state index in [1.165, 1.54) is 18.2 Å². The van der Waals surface area contributed by atoms with E-state index >= 15 is 0 Å². The highest BCUT2D eigenvalue weighted by atomic mass is 16.5. The van der Waals surface area contributed by atoms with E-state index in [2.05, 4.69) is 17.0 Å². The lowest BCUT2D eigenvalue weighted by atomic mass is 9.64. The molecule has 2 unspecified atom stereocenters. The molecule has 3 aliphatic rings. The average molecular weight is 353 g/mol. The molecule has 5 nitrogen and oxygen atoms in total. The molecule has 0 saturated heterocycles. The summed E-state index contributed by atoms with van der Waals surface area (Å²) in [5.74, 6) is -1.98. The predicted molar refractivity (Wildman–Crippen MR) is 95.2 cm³/mol. The van der Waals surface area contributed by atoms with Crippen molar-refractivity contribution in [2.75, 3.05) is 13.7 Å². The van der Waals surface area contributed by atoms with E-state index in [-0.39, 0.29) is 29.6 Å². The van der Waals surface area contributed by atoms with E-state index in [1.54, 1.807) is 0 Å². The molecule has 26 heavy (non-hydrogen) atoms. The lowest BCUT2D eigenvalue weighted by Gasteiger charge is -2.48. The van der Waals surface area contributed by atoms with Crippen molar-refractivity contribution < 1.29 is 19.1 Å². The van der Waals surface area contributed by atoms with Crippen LogP contribution in [-0.2, 0) is 25.5 Å². The second-order valence-corrected chi connectivity index (χ2v) is 8.09. The molecule has 0 spiro atoms. The third kappa shape index (κ3) is 2.33. The van der Waals surface area contributed by atoms with Crippen LogP contribution in [0.1, 0.15) is 43.9 Å². The highest BCUT2D eigenvalue weighted by Crippen LogP contribution is 2.49. The number of carbonyl (C=O) groups excluding carboxylic acids is 3. The summed E-state index contributed by atoms with van der Waals surface area (Å²) < 4.78 is 4.86. The first-order valence-corrected chi connectivity index (χ1v) is 9.08. The molecular formula is C21H23NO4. The zero-order valence-corrected chi connectivity index (χ0v) is 15.4. The molecule has 0 fully saturated rings. The van der Waals surface area contributed by atoms with Gasteiger partial charge in [-0.05, 0) is 29.4 Å². The summed E-state index contributed by atoms with van der Waals surface area (Å²) in [5.41, 5.74) is 2.92. The van der Waals surface area contributed by atoms with Crippen molar-refractivity contribution in [2.45, 2.75) is 39.2 Å². The lowest BCUT2D eigenvalue weighted by molar-refractivity contribution is -0.154. The van der Waals surface area contributed by atoms with Crippen molar-refractivity contribution in [3.05, 3.63) is 46.7 Å². The highest BCUT2D eigenvalue weighted by molar-refractivity contribution is 6.26. The molecular weight excluding hydrogens is 330 g/mol. The minimum atomic E-state index is -0.913. The number of fused-ring (bicyclic) bond motifs is 4. The van der Waals surface area contributed by atoms with Crippen molar-refractivity contribution in [2.24, 2.45) is 11.3 Å². The number of ketones is 2. The van der Waals surface area contributed by atoms with Crippen molar-refractivity contribution in [3.63, 3.8) is 0 Å². The van der Waals surface area contributed by atoms with Gasteiger partial charge in [0.05, 0.1) is 18.7 Å². The van der Waals surface area contributed by atoms with Crippen LogP contribution in [-0.4, -0.2) is 36.1 Å².